The van der Waals surface area contributed by atoms with Crippen molar-refractivity contribution in [3.8, 4) is 11.5 Å². The summed E-state index contributed by atoms with van der Waals surface area (Å²) in [5.41, 5.74) is 0.490. The monoisotopic (exact) mass is 325 g/mol. The molecule has 2 aromatic rings. The van der Waals surface area contributed by atoms with E-state index in [1.54, 1.807) is 12.1 Å². The van der Waals surface area contributed by atoms with E-state index in [1.807, 2.05) is 0 Å². The lowest BCUT2D eigenvalue weighted by Crippen LogP contribution is -2.14. The molecule has 0 saturated heterocycles. The summed E-state index contributed by atoms with van der Waals surface area (Å²) in [5.74, 6) is 0.370. The van der Waals surface area contributed by atoms with Crippen molar-refractivity contribution in [3.63, 3.8) is 0 Å². The highest BCUT2D eigenvalue weighted by molar-refractivity contribution is 7.92. The van der Waals surface area contributed by atoms with Gasteiger partial charge in [0.1, 0.15) is 17.3 Å². The van der Waals surface area contributed by atoms with E-state index in [9.17, 15) is 12.8 Å². The van der Waals surface area contributed by atoms with Crippen LogP contribution in [0.25, 0.3) is 0 Å². The van der Waals surface area contributed by atoms with Crippen LogP contribution in [0.2, 0.25) is 0 Å². The summed E-state index contributed by atoms with van der Waals surface area (Å²) in [5, 5.41) is 0. The summed E-state index contributed by atoms with van der Waals surface area (Å²) >= 11 is 0. The number of nitrogens with one attached hydrogen (secondary N) is 1. The standard InChI is InChI=1S/C15H16FNO4S/c1-10-8-12(5-6-13(10)16)22(18,19)17-14-9-11(20-2)4-7-15(14)21-3/h4-9,17H,1-3H3. The first-order chi connectivity index (χ1) is 10.4. The molecule has 0 saturated carbocycles. The maximum absolute atomic E-state index is 13.3. The second-order valence-corrected chi connectivity index (χ2v) is 6.27. The summed E-state index contributed by atoms with van der Waals surface area (Å²) in [7, 11) is -0.955. The van der Waals surface area contributed by atoms with E-state index in [0.717, 1.165) is 6.07 Å². The van der Waals surface area contributed by atoms with Crippen LogP contribution < -0.4 is 14.2 Å². The maximum atomic E-state index is 13.3. The predicted molar refractivity (Wildman–Crippen MR) is 81.5 cm³/mol. The van der Waals surface area contributed by atoms with Gasteiger partial charge in [0, 0.05) is 6.07 Å². The molecule has 0 heterocycles. The fraction of sp³-hybridized carbons (Fsp3) is 0.200. The van der Waals surface area contributed by atoms with Crippen molar-refractivity contribution in [2.45, 2.75) is 11.8 Å². The molecule has 22 heavy (non-hydrogen) atoms. The van der Waals surface area contributed by atoms with Gasteiger partial charge in [-0.1, -0.05) is 0 Å². The Balaban J connectivity index is 2.41. The molecule has 0 fully saturated rings. The number of ether oxygens (including phenoxy) is 2. The molecule has 0 bridgehead atoms. The zero-order valence-corrected chi connectivity index (χ0v) is 13.2. The Labute approximate surface area is 128 Å². The van der Waals surface area contributed by atoms with E-state index in [1.165, 1.54) is 39.3 Å². The number of hydrogen-bond donors (Lipinski definition) is 1. The van der Waals surface area contributed by atoms with Gasteiger partial charge in [-0.15, -0.1) is 0 Å². The van der Waals surface area contributed by atoms with Crippen LogP contribution in [0.3, 0.4) is 0 Å². The molecule has 5 nitrogen and oxygen atoms in total. The summed E-state index contributed by atoms with van der Waals surface area (Å²) in [4.78, 5) is -0.0312. The number of halogens is 1. The van der Waals surface area contributed by atoms with Gasteiger partial charge in [-0.25, -0.2) is 12.8 Å². The van der Waals surface area contributed by atoms with E-state index >= 15 is 0 Å². The zero-order valence-electron chi connectivity index (χ0n) is 12.4. The fourth-order valence-corrected chi connectivity index (χ4v) is 3.03. The molecule has 0 amide bonds. The molecule has 2 rings (SSSR count). The van der Waals surface area contributed by atoms with Crippen LogP contribution in [0.1, 0.15) is 5.56 Å². The highest BCUT2D eigenvalue weighted by Crippen LogP contribution is 2.31. The predicted octanol–water partition coefficient (Wildman–Crippen LogP) is 2.95. The molecule has 7 heteroatoms. The first-order valence-corrected chi connectivity index (χ1v) is 7.86. The molecule has 118 valence electrons. The maximum Gasteiger partial charge on any atom is 0.262 e. The van der Waals surface area contributed by atoms with Crippen molar-refractivity contribution < 1.29 is 22.3 Å². The van der Waals surface area contributed by atoms with Gasteiger partial charge in [-0.3, -0.25) is 4.72 Å². The molecule has 1 N–H and O–H groups in total. The van der Waals surface area contributed by atoms with Crippen molar-refractivity contribution in [1.82, 2.24) is 0 Å². The lowest BCUT2D eigenvalue weighted by atomic mass is 10.2. The van der Waals surface area contributed by atoms with Gasteiger partial charge in [0.25, 0.3) is 10.0 Å². The van der Waals surface area contributed by atoms with Gasteiger partial charge < -0.3 is 9.47 Å². The number of hydrogen-bond acceptors (Lipinski definition) is 4. The van der Waals surface area contributed by atoms with Crippen LogP contribution in [0.5, 0.6) is 11.5 Å². The first kappa shape index (κ1) is 16.1. The Kier molecular flexibility index (Phi) is 4.56. The largest absolute Gasteiger partial charge is 0.497 e. The number of aryl methyl sites for hydroxylation is 1. The number of methoxy groups -OCH3 is 2. The summed E-state index contributed by atoms with van der Waals surface area (Å²) in [6, 6.07) is 8.34. The second-order valence-electron chi connectivity index (χ2n) is 4.58. The van der Waals surface area contributed by atoms with Crippen LogP contribution in [0, 0.1) is 12.7 Å². The molecule has 2 aromatic carbocycles. The van der Waals surface area contributed by atoms with Gasteiger partial charge in [0.2, 0.25) is 0 Å². The molecule has 0 aliphatic carbocycles. The van der Waals surface area contributed by atoms with E-state index in [2.05, 4.69) is 4.72 Å². The molecule has 0 aliphatic rings. The Bertz CT molecular complexity index is 790. The minimum atomic E-state index is -3.86. The van der Waals surface area contributed by atoms with Gasteiger partial charge in [0.05, 0.1) is 24.8 Å². The molecule has 0 radical (unpaired) electrons. The number of anilines is 1. The van der Waals surface area contributed by atoms with E-state index in [-0.39, 0.29) is 16.1 Å². The number of benzene rings is 2. The Morgan fingerprint density at radius 1 is 1.05 bits per heavy atom. The molecule has 0 aromatic heterocycles. The lowest BCUT2D eigenvalue weighted by molar-refractivity contribution is 0.405. The zero-order chi connectivity index (χ0) is 16.3. The van der Waals surface area contributed by atoms with Gasteiger partial charge >= 0.3 is 0 Å². The second kappa shape index (κ2) is 6.23. The average Bonchev–Trinajstić information content (AvgIpc) is 2.49. The molecular formula is C15H16FNO4S. The van der Waals surface area contributed by atoms with Crippen LogP contribution in [-0.4, -0.2) is 22.6 Å². The molecule has 0 atom stereocenters. The topological polar surface area (TPSA) is 64.6 Å². The van der Waals surface area contributed by atoms with Crippen molar-refractivity contribution in [1.29, 1.82) is 0 Å². The van der Waals surface area contributed by atoms with Gasteiger partial charge in [0.15, 0.2) is 0 Å². The Morgan fingerprint density at radius 3 is 2.36 bits per heavy atom. The van der Waals surface area contributed by atoms with Crippen molar-refractivity contribution in [3.05, 3.63) is 47.8 Å². The van der Waals surface area contributed by atoms with Crippen molar-refractivity contribution >= 4 is 15.7 Å². The molecule has 0 aliphatic heterocycles. The number of rotatable bonds is 5. The minimum absolute atomic E-state index is 0.0312. The van der Waals surface area contributed by atoms with Crippen LogP contribution in [0.4, 0.5) is 10.1 Å². The van der Waals surface area contributed by atoms with E-state index in [0.29, 0.717) is 11.5 Å². The van der Waals surface area contributed by atoms with Gasteiger partial charge in [-0.2, -0.15) is 0 Å². The summed E-state index contributed by atoms with van der Waals surface area (Å²) in [6.45, 7) is 1.50. The normalized spacial score (nSPS) is 11.1. The third kappa shape index (κ3) is 3.30. The average molecular weight is 325 g/mol. The van der Waals surface area contributed by atoms with Crippen molar-refractivity contribution in [2.75, 3.05) is 18.9 Å². The summed E-state index contributed by atoms with van der Waals surface area (Å²) in [6.07, 6.45) is 0. The van der Waals surface area contributed by atoms with Crippen LogP contribution in [0.15, 0.2) is 41.3 Å². The quantitative estimate of drug-likeness (QED) is 0.918. The highest BCUT2D eigenvalue weighted by Gasteiger charge is 2.18. The minimum Gasteiger partial charge on any atom is -0.497 e. The third-order valence-corrected chi connectivity index (χ3v) is 4.45. The lowest BCUT2D eigenvalue weighted by Gasteiger charge is -2.13. The Morgan fingerprint density at radius 2 is 1.77 bits per heavy atom. The first-order valence-electron chi connectivity index (χ1n) is 6.38. The highest BCUT2D eigenvalue weighted by atomic mass is 32.2. The number of sulfonamides is 1. The fourth-order valence-electron chi connectivity index (χ4n) is 1.88. The third-order valence-electron chi connectivity index (χ3n) is 3.09. The Hall–Kier alpha value is -2.28. The van der Waals surface area contributed by atoms with E-state index < -0.39 is 15.8 Å². The molecule has 0 spiro atoms. The van der Waals surface area contributed by atoms with Gasteiger partial charge in [-0.05, 0) is 42.8 Å². The van der Waals surface area contributed by atoms with Crippen LogP contribution >= 0.6 is 0 Å². The summed E-state index contributed by atoms with van der Waals surface area (Å²) < 4.78 is 50.7. The molecule has 0 unspecified atom stereocenters. The SMILES string of the molecule is COc1ccc(OC)c(NS(=O)(=O)c2ccc(F)c(C)c2)c1. The van der Waals surface area contributed by atoms with E-state index in [4.69, 9.17) is 9.47 Å². The molecular weight excluding hydrogens is 309 g/mol. The van der Waals surface area contributed by atoms with Crippen LogP contribution in [-0.2, 0) is 10.0 Å². The smallest absolute Gasteiger partial charge is 0.262 e. The van der Waals surface area contributed by atoms with Crippen molar-refractivity contribution in [2.24, 2.45) is 0 Å².